The Morgan fingerprint density at radius 3 is 0.882 bits per heavy atom. The van der Waals surface area contributed by atoms with Crippen LogP contribution in [0.25, 0.3) is 0 Å². The molecule has 0 aromatic rings. The van der Waals surface area contributed by atoms with E-state index in [9.17, 15) is 0 Å². The molecule has 0 rings (SSSR count). The first-order chi connectivity index (χ1) is 6.54. The molecule has 0 saturated carbocycles. The molecular weight excluding hydrogens is 268 g/mol. The molecule has 0 aromatic heterocycles. The van der Waals surface area contributed by atoms with E-state index in [1.165, 1.54) is 0 Å². The van der Waals surface area contributed by atoms with Crippen LogP contribution in [0.15, 0.2) is 10.3 Å². The summed E-state index contributed by atoms with van der Waals surface area (Å²) in [7, 11) is -4.67. The van der Waals surface area contributed by atoms with E-state index in [1.807, 2.05) is 0 Å². The zero-order valence-electron chi connectivity index (χ0n) is 8.22. The zero-order valence-corrected chi connectivity index (χ0v) is 9.03. The highest BCUT2D eigenvalue weighted by molar-refractivity contribution is 7.79. The minimum absolute atomic E-state index is 0. The summed E-state index contributed by atoms with van der Waals surface area (Å²) < 4.78 is 31.6. The number of guanidine groups is 2. The summed E-state index contributed by atoms with van der Waals surface area (Å²) in [6.45, 7) is 0. The topological polar surface area (TPSA) is 307 Å². The summed E-state index contributed by atoms with van der Waals surface area (Å²) in [4.78, 5) is 0. The van der Waals surface area contributed by atoms with Gasteiger partial charge in [0.25, 0.3) is 0 Å². The highest BCUT2D eigenvalue weighted by Crippen LogP contribution is 1.59. The molecule has 0 amide bonds. The van der Waals surface area contributed by atoms with E-state index < -0.39 is 10.4 Å². The molecule has 16 N–H and O–H groups in total. The van der Waals surface area contributed by atoms with Gasteiger partial charge < -0.3 is 44.3 Å². The van der Waals surface area contributed by atoms with Gasteiger partial charge in [0, 0.05) is 0 Å². The Morgan fingerprint density at radius 1 is 0.824 bits per heavy atom. The number of oxime groups is 2. The van der Waals surface area contributed by atoms with Crippen molar-refractivity contribution >= 4 is 22.3 Å². The third-order valence-electron chi connectivity index (χ3n) is 0.231. The van der Waals surface area contributed by atoms with Gasteiger partial charge in [0.05, 0.1) is 0 Å². The fourth-order valence-electron chi connectivity index (χ4n) is 0. The third kappa shape index (κ3) is 532. The Bertz CT molecular complexity index is 265. The molecule has 0 unspecified atom stereocenters. The van der Waals surface area contributed by atoms with Gasteiger partial charge in [-0.25, -0.2) is 0 Å². The minimum atomic E-state index is -4.67. The van der Waals surface area contributed by atoms with Gasteiger partial charge >= 0.3 is 10.4 Å². The molecule has 0 aliphatic carbocycles. The smallest absolute Gasteiger partial charge is 0.394 e. The first kappa shape index (κ1) is 29.4. The maximum absolute atomic E-state index is 8.74. The van der Waals surface area contributed by atoms with Gasteiger partial charge in [0.2, 0.25) is 11.9 Å². The summed E-state index contributed by atoms with van der Waals surface area (Å²) in [5, 5.41) is 19.7. The fourth-order valence-corrected chi connectivity index (χ4v) is 0. The van der Waals surface area contributed by atoms with Crippen molar-refractivity contribution in [3.8, 4) is 0 Å². The van der Waals surface area contributed by atoms with E-state index in [0.717, 1.165) is 0 Å². The third-order valence-corrected chi connectivity index (χ3v) is 0.231. The van der Waals surface area contributed by atoms with E-state index >= 15 is 0 Å². The fraction of sp³-hybridized carbons (Fsp3) is 0. The second kappa shape index (κ2) is 16.4. The van der Waals surface area contributed by atoms with Crippen molar-refractivity contribution in [3.05, 3.63) is 0 Å². The molecule has 108 valence electrons. The lowest BCUT2D eigenvalue weighted by atomic mass is 11.1. The first-order valence-corrected chi connectivity index (χ1v) is 4.10. The number of nitrogens with two attached hydrogens (primary N) is 4. The van der Waals surface area contributed by atoms with Crippen molar-refractivity contribution in [3.63, 3.8) is 0 Å². The SMILES string of the molecule is NC(N)=NO.NC(N)=NO.O.O.O=S(=O)(O)O. The van der Waals surface area contributed by atoms with Crippen LogP contribution in [0.3, 0.4) is 0 Å². The van der Waals surface area contributed by atoms with Crippen LogP contribution in [-0.2, 0) is 10.4 Å². The van der Waals surface area contributed by atoms with Crippen LogP contribution in [-0.4, -0.2) is 50.8 Å². The molecule has 0 saturated heterocycles. The van der Waals surface area contributed by atoms with Crippen molar-refractivity contribution in [2.45, 2.75) is 0 Å². The molecule has 15 heteroatoms. The number of hydrogen-bond acceptors (Lipinski definition) is 6. The molecule has 0 fully saturated rings. The lowest BCUT2D eigenvalue weighted by Crippen LogP contribution is -2.21. The molecule has 0 aromatic carbocycles. The molecule has 0 aliphatic heterocycles. The van der Waals surface area contributed by atoms with E-state index in [2.05, 4.69) is 33.2 Å². The second-order valence-corrected chi connectivity index (χ2v) is 2.39. The van der Waals surface area contributed by atoms with Gasteiger partial charge in [0.1, 0.15) is 0 Å². The van der Waals surface area contributed by atoms with Crippen LogP contribution in [0, 0.1) is 0 Å². The average molecular weight is 284 g/mol. The van der Waals surface area contributed by atoms with Gasteiger partial charge in [-0.1, -0.05) is 10.3 Å². The lowest BCUT2D eigenvalue weighted by Gasteiger charge is -1.75. The molecule has 17 heavy (non-hydrogen) atoms. The van der Waals surface area contributed by atoms with Crippen LogP contribution >= 0.6 is 0 Å². The standard InChI is InChI=1S/2CH5N3O.H2O4S.2H2O/c2*2-1(3)4-5;1-5(2,3)4;;/h2*5H,(H4,2,3,4);(H2,1,2,3,4);2*1H2. The summed E-state index contributed by atoms with van der Waals surface area (Å²) in [5.41, 5.74) is 18.3. The van der Waals surface area contributed by atoms with E-state index in [0.29, 0.717) is 0 Å². The zero-order chi connectivity index (χ0) is 13.1. The van der Waals surface area contributed by atoms with Crippen LogP contribution in [0.1, 0.15) is 0 Å². The van der Waals surface area contributed by atoms with Gasteiger partial charge in [-0.05, 0) is 0 Å². The Balaban J connectivity index is -0.0000000400. The predicted octanol–water partition coefficient (Wildman–Crippen LogP) is -5.00. The summed E-state index contributed by atoms with van der Waals surface area (Å²) in [5.74, 6) is -0.630. The van der Waals surface area contributed by atoms with E-state index in [1.54, 1.807) is 0 Å². The molecule has 0 radical (unpaired) electrons. The van der Waals surface area contributed by atoms with Crippen LogP contribution in [0.5, 0.6) is 0 Å². The molecule has 0 atom stereocenters. The summed E-state index contributed by atoms with van der Waals surface area (Å²) >= 11 is 0. The van der Waals surface area contributed by atoms with Crippen molar-refractivity contribution < 1.29 is 38.9 Å². The number of nitrogens with zero attached hydrogens (tertiary/aromatic N) is 2. The van der Waals surface area contributed by atoms with Gasteiger partial charge in [-0.15, -0.1) is 0 Å². The van der Waals surface area contributed by atoms with E-state index in [4.69, 9.17) is 27.9 Å². The van der Waals surface area contributed by atoms with Gasteiger partial charge in [0.15, 0.2) is 0 Å². The molecule has 0 spiro atoms. The van der Waals surface area contributed by atoms with Gasteiger partial charge in [-0.2, -0.15) is 8.42 Å². The van der Waals surface area contributed by atoms with Crippen LogP contribution < -0.4 is 22.9 Å². The maximum atomic E-state index is 8.74. The predicted molar refractivity (Wildman–Crippen MR) is 56.6 cm³/mol. The normalized spacial score (nSPS) is 7.18. The van der Waals surface area contributed by atoms with Crippen LogP contribution in [0.4, 0.5) is 0 Å². The van der Waals surface area contributed by atoms with Crippen molar-refractivity contribution in [2.24, 2.45) is 33.2 Å². The monoisotopic (exact) mass is 284 g/mol. The quantitative estimate of drug-likeness (QED) is 0.0687. The Hall–Kier alpha value is -2.07. The van der Waals surface area contributed by atoms with Crippen molar-refractivity contribution in [2.75, 3.05) is 0 Å². The molecule has 0 bridgehead atoms. The molecule has 0 aliphatic rings. The largest absolute Gasteiger partial charge is 0.412 e. The maximum Gasteiger partial charge on any atom is 0.394 e. The van der Waals surface area contributed by atoms with E-state index in [-0.39, 0.29) is 22.9 Å². The second-order valence-electron chi connectivity index (χ2n) is 1.50. The van der Waals surface area contributed by atoms with Crippen LogP contribution in [0.2, 0.25) is 0 Å². The molecule has 14 nitrogen and oxygen atoms in total. The Labute approximate surface area is 95.4 Å². The average Bonchev–Trinajstić information content (AvgIpc) is 2.02. The van der Waals surface area contributed by atoms with Gasteiger partial charge in [-0.3, -0.25) is 9.11 Å². The molecule has 0 heterocycles. The molecular formula is C2H16N6O8S. The van der Waals surface area contributed by atoms with Crippen molar-refractivity contribution in [1.29, 1.82) is 0 Å². The highest BCUT2D eigenvalue weighted by Gasteiger charge is 1.84. The number of rotatable bonds is 0. The highest BCUT2D eigenvalue weighted by atomic mass is 32.3. The summed E-state index contributed by atoms with van der Waals surface area (Å²) in [6, 6.07) is 0. The van der Waals surface area contributed by atoms with Crippen molar-refractivity contribution in [1.82, 2.24) is 0 Å². The number of hydrogen-bond donors (Lipinski definition) is 8. The Morgan fingerprint density at radius 2 is 0.882 bits per heavy atom. The minimum Gasteiger partial charge on any atom is -0.412 e. The Kier molecular flexibility index (Phi) is 28.3. The lowest BCUT2D eigenvalue weighted by molar-refractivity contribution is 0.317. The summed E-state index contributed by atoms with van der Waals surface area (Å²) in [6.07, 6.45) is 0. The first-order valence-electron chi connectivity index (χ1n) is 2.70.